The topological polar surface area (TPSA) is 59.1 Å². The van der Waals surface area contributed by atoms with Crippen LogP contribution in [0.15, 0.2) is 25.3 Å². The second kappa shape index (κ2) is 16.8. The predicted octanol–water partition coefficient (Wildman–Crippen LogP) is 3.24. The fraction of sp³-hybridized carbons (Fsp3) is 0.700. The third kappa shape index (κ3) is 11.8. The maximum absolute atomic E-state index is 11.0. The van der Waals surface area contributed by atoms with E-state index in [9.17, 15) is 9.59 Å². The van der Waals surface area contributed by atoms with E-state index >= 15 is 0 Å². The lowest BCUT2D eigenvalue weighted by atomic mass is 10.3. The Kier molecular flexibility index (Phi) is 17.2. The Hall–Kier alpha value is -1.66. The molecule has 2 atom stereocenters. The number of rotatable bonds is 12. The first-order valence-corrected chi connectivity index (χ1v) is 9.45. The Morgan fingerprint density at radius 3 is 1.69 bits per heavy atom. The van der Waals surface area contributed by atoms with Crippen LogP contribution in [0.5, 0.6) is 0 Å². The lowest BCUT2D eigenvalue weighted by Crippen LogP contribution is -2.37. The molecule has 0 aliphatic rings. The van der Waals surface area contributed by atoms with Crippen LogP contribution in [0.4, 0.5) is 0 Å². The number of likely N-dealkylation sites (N-methyl/N-ethyl adjacent to an activating group) is 1. The highest BCUT2D eigenvalue weighted by Crippen LogP contribution is 2.05. The van der Waals surface area contributed by atoms with Gasteiger partial charge in [-0.2, -0.15) is 0 Å². The summed E-state index contributed by atoms with van der Waals surface area (Å²) in [6.45, 7) is 23.2. The number of carbonyl (C=O) groups excluding carboxylic acids is 2. The Labute approximate surface area is 159 Å². The van der Waals surface area contributed by atoms with Crippen LogP contribution in [0.25, 0.3) is 0 Å². The van der Waals surface area contributed by atoms with Gasteiger partial charge in [-0.05, 0) is 39.5 Å². The van der Waals surface area contributed by atoms with Crippen molar-refractivity contribution in [2.75, 3.05) is 32.8 Å². The van der Waals surface area contributed by atoms with Gasteiger partial charge in [-0.15, -0.1) is 0 Å². The summed E-state index contributed by atoms with van der Waals surface area (Å²) in [6, 6.07) is 0.277. The van der Waals surface area contributed by atoms with Gasteiger partial charge in [0.1, 0.15) is 6.61 Å². The first-order chi connectivity index (χ1) is 12.3. The molecule has 0 rings (SSSR count). The van der Waals surface area contributed by atoms with Crippen LogP contribution < -0.4 is 0 Å². The molecule has 0 aromatic rings. The molecule has 0 saturated heterocycles. The van der Waals surface area contributed by atoms with Gasteiger partial charge in [-0.3, -0.25) is 9.80 Å². The van der Waals surface area contributed by atoms with Crippen LogP contribution in [0, 0.1) is 0 Å². The molecule has 6 heteroatoms. The average molecular weight is 371 g/mol. The lowest BCUT2D eigenvalue weighted by Gasteiger charge is -2.27. The fourth-order valence-corrected chi connectivity index (χ4v) is 2.44. The first-order valence-electron chi connectivity index (χ1n) is 9.45. The number of ether oxygens (including phenoxy) is 2. The number of carbonyl (C=O) groups is 2. The zero-order chi connectivity index (χ0) is 20.5. The van der Waals surface area contributed by atoms with E-state index in [1.54, 1.807) is 0 Å². The van der Waals surface area contributed by atoms with Gasteiger partial charge < -0.3 is 9.47 Å². The van der Waals surface area contributed by atoms with E-state index in [1.165, 1.54) is 12.2 Å². The van der Waals surface area contributed by atoms with Crippen LogP contribution in [-0.4, -0.2) is 66.8 Å². The number of hydrogen-bond donors (Lipinski definition) is 0. The number of esters is 2. The summed E-state index contributed by atoms with van der Waals surface area (Å²) >= 11 is 0. The second-order valence-electron chi connectivity index (χ2n) is 5.63. The second-order valence-corrected chi connectivity index (χ2v) is 5.63. The maximum Gasteiger partial charge on any atom is 0.331 e. The Morgan fingerprint density at radius 1 is 0.885 bits per heavy atom. The fourth-order valence-electron chi connectivity index (χ4n) is 2.44. The maximum atomic E-state index is 11.0. The summed E-state index contributed by atoms with van der Waals surface area (Å²) in [5.74, 6) is -0.697. The van der Waals surface area contributed by atoms with Crippen molar-refractivity contribution in [1.29, 1.82) is 0 Å². The normalized spacial score (nSPS) is 12.6. The summed E-state index contributed by atoms with van der Waals surface area (Å²) in [5.41, 5.74) is 0. The molecule has 0 amide bonds. The largest absolute Gasteiger partial charge is 0.461 e. The zero-order valence-electron chi connectivity index (χ0n) is 17.5. The minimum absolute atomic E-state index is 0.111. The highest BCUT2D eigenvalue weighted by atomic mass is 16.6. The van der Waals surface area contributed by atoms with Gasteiger partial charge in [0.2, 0.25) is 0 Å². The van der Waals surface area contributed by atoms with E-state index in [0.717, 1.165) is 32.6 Å². The number of hydrogen-bond acceptors (Lipinski definition) is 6. The molecule has 0 spiro atoms. The lowest BCUT2D eigenvalue weighted by molar-refractivity contribution is -0.153. The van der Waals surface area contributed by atoms with E-state index < -0.39 is 0 Å². The summed E-state index contributed by atoms with van der Waals surface area (Å²) in [5, 5.41) is 0. The van der Waals surface area contributed by atoms with Crippen molar-refractivity contribution < 1.29 is 19.1 Å². The van der Waals surface area contributed by atoms with Crippen molar-refractivity contribution in [3.05, 3.63) is 25.3 Å². The Balaban J connectivity index is 0. The van der Waals surface area contributed by atoms with Crippen molar-refractivity contribution >= 4 is 11.9 Å². The summed E-state index contributed by atoms with van der Waals surface area (Å²) < 4.78 is 10.1. The van der Waals surface area contributed by atoms with Gasteiger partial charge >= 0.3 is 11.9 Å². The molecule has 0 aromatic carbocycles. The molecule has 152 valence electrons. The first kappa shape index (κ1) is 26.6. The molecule has 0 saturated carbocycles. The molecule has 0 aliphatic carbocycles. The SMILES string of the molecule is C=CC(=O)OC(CC)N(CC)CC.C=CC(=O)OCC(C)N(CC)CC. The molecule has 0 radical (unpaired) electrons. The molecule has 6 nitrogen and oxygen atoms in total. The predicted molar refractivity (Wildman–Crippen MR) is 107 cm³/mol. The van der Waals surface area contributed by atoms with Gasteiger partial charge in [-0.25, -0.2) is 9.59 Å². The van der Waals surface area contributed by atoms with Gasteiger partial charge in [0, 0.05) is 18.2 Å². The van der Waals surface area contributed by atoms with Crippen molar-refractivity contribution in [3.8, 4) is 0 Å². The monoisotopic (exact) mass is 370 g/mol. The van der Waals surface area contributed by atoms with Gasteiger partial charge in [0.15, 0.2) is 6.23 Å². The van der Waals surface area contributed by atoms with Crippen LogP contribution >= 0.6 is 0 Å². The smallest absolute Gasteiger partial charge is 0.331 e. The quantitative estimate of drug-likeness (QED) is 0.299. The van der Waals surface area contributed by atoms with Crippen molar-refractivity contribution in [2.24, 2.45) is 0 Å². The van der Waals surface area contributed by atoms with Crippen LogP contribution in [0.1, 0.15) is 48.0 Å². The standard InChI is InChI=1S/2C10H19NO2/c1-5-10(12)13-8-9(4)11(6-2)7-3;1-5-9(11(7-3)8-4)13-10(12)6-2/h5,9H,1,6-8H2,2-4H3;6,9H,2,5,7-8H2,1,3-4H3. The van der Waals surface area contributed by atoms with Crippen LogP contribution in [-0.2, 0) is 19.1 Å². The summed E-state index contributed by atoms with van der Waals surface area (Å²) in [6.07, 6.45) is 3.09. The van der Waals surface area contributed by atoms with E-state index in [0.29, 0.717) is 6.61 Å². The van der Waals surface area contributed by atoms with E-state index in [2.05, 4.69) is 36.8 Å². The molecular formula is C20H38N2O4. The third-order valence-electron chi connectivity index (χ3n) is 4.06. The molecule has 0 N–H and O–H groups in total. The van der Waals surface area contributed by atoms with Gasteiger partial charge in [0.05, 0.1) is 0 Å². The molecular weight excluding hydrogens is 332 g/mol. The molecule has 0 aliphatic heterocycles. The number of nitrogens with zero attached hydrogens (tertiary/aromatic N) is 2. The van der Waals surface area contributed by atoms with Crippen molar-refractivity contribution in [3.63, 3.8) is 0 Å². The van der Waals surface area contributed by atoms with E-state index in [4.69, 9.17) is 9.47 Å². The molecule has 2 unspecified atom stereocenters. The van der Waals surface area contributed by atoms with Gasteiger partial charge in [-0.1, -0.05) is 47.8 Å². The summed E-state index contributed by atoms with van der Waals surface area (Å²) in [7, 11) is 0. The summed E-state index contributed by atoms with van der Waals surface area (Å²) in [4.78, 5) is 26.0. The average Bonchev–Trinajstić information content (AvgIpc) is 2.67. The minimum Gasteiger partial charge on any atom is -0.461 e. The highest BCUT2D eigenvalue weighted by molar-refractivity contribution is 5.81. The van der Waals surface area contributed by atoms with Crippen LogP contribution in [0.3, 0.4) is 0 Å². The zero-order valence-corrected chi connectivity index (χ0v) is 17.5. The third-order valence-corrected chi connectivity index (χ3v) is 4.06. The molecule has 0 bridgehead atoms. The van der Waals surface area contributed by atoms with Crippen molar-refractivity contribution in [1.82, 2.24) is 9.80 Å². The van der Waals surface area contributed by atoms with Crippen LogP contribution in [0.2, 0.25) is 0 Å². The Morgan fingerprint density at radius 2 is 1.35 bits per heavy atom. The van der Waals surface area contributed by atoms with E-state index in [1.807, 2.05) is 27.7 Å². The van der Waals surface area contributed by atoms with Gasteiger partial charge in [0.25, 0.3) is 0 Å². The highest BCUT2D eigenvalue weighted by Gasteiger charge is 2.16. The van der Waals surface area contributed by atoms with Crippen molar-refractivity contribution in [2.45, 2.75) is 60.2 Å². The van der Waals surface area contributed by atoms with E-state index in [-0.39, 0.29) is 24.2 Å². The molecule has 26 heavy (non-hydrogen) atoms. The Bertz CT molecular complexity index is 405. The molecule has 0 aromatic heterocycles. The molecule has 0 fully saturated rings. The molecule has 0 heterocycles. The minimum atomic E-state index is -0.348.